The van der Waals surface area contributed by atoms with Crippen LogP contribution in [0.2, 0.25) is 0 Å². The zero-order chi connectivity index (χ0) is 19.8. The first-order valence-electron chi connectivity index (χ1n) is 9.06. The smallest absolute Gasteiger partial charge is 0.214 e. The molecule has 5 nitrogen and oxygen atoms in total. The largest absolute Gasteiger partial charge is 0.493 e. The van der Waals surface area contributed by atoms with Crippen molar-refractivity contribution < 1.29 is 17.9 Å². The van der Waals surface area contributed by atoms with Gasteiger partial charge in [-0.25, -0.2) is 13.1 Å². The summed E-state index contributed by atoms with van der Waals surface area (Å²) in [6.07, 6.45) is 0.634. The Morgan fingerprint density at radius 3 is 2.22 bits per heavy atom. The molecule has 0 saturated carbocycles. The number of sulfonamides is 1. The number of ether oxygens (including phenoxy) is 2. The van der Waals surface area contributed by atoms with Gasteiger partial charge in [-0.1, -0.05) is 37.3 Å². The Bertz CT molecular complexity index is 925. The van der Waals surface area contributed by atoms with E-state index in [0.29, 0.717) is 17.9 Å². The lowest BCUT2D eigenvalue weighted by Gasteiger charge is -2.27. The van der Waals surface area contributed by atoms with Crippen LogP contribution in [-0.4, -0.2) is 27.9 Å². The Morgan fingerprint density at radius 1 is 1.07 bits per heavy atom. The number of fused-ring (bicyclic) bond motifs is 1. The van der Waals surface area contributed by atoms with E-state index >= 15 is 0 Å². The van der Waals surface area contributed by atoms with Crippen LogP contribution in [0, 0.1) is 0 Å². The molecule has 0 bridgehead atoms. The minimum atomic E-state index is -3.41. The molecule has 0 aromatic heterocycles. The summed E-state index contributed by atoms with van der Waals surface area (Å²) < 4.78 is 39.0. The van der Waals surface area contributed by atoms with Crippen LogP contribution in [-0.2, 0) is 15.4 Å². The highest BCUT2D eigenvalue weighted by Gasteiger charge is 2.44. The number of nitrogens with one attached hydrogen (secondary N) is 1. The third kappa shape index (κ3) is 3.44. The van der Waals surface area contributed by atoms with E-state index in [1.807, 2.05) is 30.3 Å². The van der Waals surface area contributed by atoms with Gasteiger partial charge < -0.3 is 9.47 Å². The second kappa shape index (κ2) is 7.17. The van der Waals surface area contributed by atoms with Crippen molar-refractivity contribution in [1.29, 1.82) is 0 Å². The minimum Gasteiger partial charge on any atom is -0.493 e. The highest BCUT2D eigenvalue weighted by molar-refractivity contribution is 7.90. The fraction of sp³-hybridized carbons (Fsp3) is 0.429. The van der Waals surface area contributed by atoms with Crippen LogP contribution in [0.3, 0.4) is 0 Å². The third-order valence-corrected chi connectivity index (χ3v) is 7.33. The Balaban J connectivity index is 2.17. The van der Waals surface area contributed by atoms with E-state index in [9.17, 15) is 8.42 Å². The summed E-state index contributed by atoms with van der Waals surface area (Å²) in [4.78, 5) is 0. The number of hydrogen-bond donors (Lipinski definition) is 1. The molecular weight excluding hydrogens is 362 g/mol. The summed E-state index contributed by atoms with van der Waals surface area (Å²) in [5.74, 6) is 1.24. The van der Waals surface area contributed by atoms with Gasteiger partial charge in [-0.3, -0.25) is 0 Å². The fourth-order valence-corrected chi connectivity index (χ4v) is 4.69. The zero-order valence-electron chi connectivity index (χ0n) is 16.4. The molecule has 2 aromatic carbocycles. The van der Waals surface area contributed by atoms with Gasteiger partial charge in [0.05, 0.1) is 19.5 Å². The standard InChI is InChI=1S/C21H27NO4S/c1-14(2)27(23,24)22-18-13-21(3,15-9-7-6-8-10-15)17-12-20(26-5)19(25-4)11-16(17)18/h6-12,14,18,22H,13H2,1-5H3/t18-,21-/m0/s1. The van der Waals surface area contributed by atoms with Crippen LogP contribution in [0.15, 0.2) is 42.5 Å². The molecule has 0 radical (unpaired) electrons. The summed E-state index contributed by atoms with van der Waals surface area (Å²) in [6.45, 7) is 5.52. The van der Waals surface area contributed by atoms with Crippen molar-refractivity contribution in [3.8, 4) is 11.5 Å². The second-order valence-corrected chi connectivity index (χ2v) is 9.73. The Hall–Kier alpha value is -2.05. The lowest BCUT2D eigenvalue weighted by atomic mass is 9.77. The van der Waals surface area contributed by atoms with E-state index in [-0.39, 0.29) is 11.5 Å². The van der Waals surface area contributed by atoms with Crippen molar-refractivity contribution in [3.05, 3.63) is 59.2 Å². The molecule has 146 valence electrons. The first-order chi connectivity index (χ1) is 12.7. The van der Waals surface area contributed by atoms with Gasteiger partial charge in [-0.05, 0) is 49.1 Å². The van der Waals surface area contributed by atoms with Crippen LogP contribution >= 0.6 is 0 Å². The van der Waals surface area contributed by atoms with Crippen LogP contribution in [0.25, 0.3) is 0 Å². The molecule has 1 N–H and O–H groups in total. The average Bonchev–Trinajstić information content (AvgIpc) is 2.93. The van der Waals surface area contributed by atoms with E-state index in [1.165, 1.54) is 0 Å². The lowest BCUT2D eigenvalue weighted by molar-refractivity contribution is 0.354. The Morgan fingerprint density at radius 2 is 1.67 bits per heavy atom. The van der Waals surface area contributed by atoms with Crippen molar-refractivity contribution in [2.45, 2.75) is 43.9 Å². The summed E-state index contributed by atoms with van der Waals surface area (Å²) in [7, 11) is -0.219. The normalized spacial score (nSPS) is 21.9. The average molecular weight is 390 g/mol. The molecule has 2 aromatic rings. The highest BCUT2D eigenvalue weighted by atomic mass is 32.2. The van der Waals surface area contributed by atoms with Crippen LogP contribution < -0.4 is 14.2 Å². The molecule has 6 heteroatoms. The van der Waals surface area contributed by atoms with Gasteiger partial charge >= 0.3 is 0 Å². The van der Waals surface area contributed by atoms with E-state index in [2.05, 4.69) is 23.8 Å². The fourth-order valence-electron chi connectivity index (χ4n) is 3.81. The summed E-state index contributed by atoms with van der Waals surface area (Å²) in [5, 5.41) is -0.496. The molecule has 2 atom stereocenters. The predicted molar refractivity (Wildman–Crippen MR) is 107 cm³/mol. The van der Waals surface area contributed by atoms with Gasteiger partial charge in [0.15, 0.2) is 11.5 Å². The number of hydrogen-bond acceptors (Lipinski definition) is 4. The Labute approximate surface area is 161 Å². The second-order valence-electron chi connectivity index (χ2n) is 7.46. The van der Waals surface area contributed by atoms with Crippen LogP contribution in [0.4, 0.5) is 0 Å². The summed E-state index contributed by atoms with van der Waals surface area (Å²) in [5.41, 5.74) is 2.80. The number of rotatable bonds is 6. The molecule has 0 fully saturated rings. The summed E-state index contributed by atoms with van der Waals surface area (Å²) in [6, 6.07) is 13.7. The maximum atomic E-state index is 12.6. The van der Waals surface area contributed by atoms with Crippen molar-refractivity contribution >= 4 is 10.0 Å². The maximum absolute atomic E-state index is 12.6. The quantitative estimate of drug-likeness (QED) is 0.817. The first-order valence-corrected chi connectivity index (χ1v) is 10.6. The van der Waals surface area contributed by atoms with E-state index in [4.69, 9.17) is 9.47 Å². The van der Waals surface area contributed by atoms with Gasteiger partial charge in [0, 0.05) is 11.5 Å². The molecule has 1 aliphatic rings. The molecule has 3 rings (SSSR count). The molecule has 0 unspecified atom stereocenters. The number of methoxy groups -OCH3 is 2. The minimum absolute atomic E-state index is 0.322. The van der Waals surface area contributed by atoms with E-state index in [1.54, 1.807) is 28.1 Å². The molecule has 0 saturated heterocycles. The van der Waals surface area contributed by atoms with E-state index < -0.39 is 15.3 Å². The van der Waals surface area contributed by atoms with Crippen LogP contribution in [0.1, 0.15) is 49.9 Å². The van der Waals surface area contributed by atoms with Gasteiger partial charge in [-0.2, -0.15) is 0 Å². The predicted octanol–water partition coefficient (Wildman–Crippen LogP) is 3.78. The number of benzene rings is 2. The van der Waals surface area contributed by atoms with Gasteiger partial charge in [0.1, 0.15) is 0 Å². The van der Waals surface area contributed by atoms with Crippen molar-refractivity contribution in [3.63, 3.8) is 0 Å². The topological polar surface area (TPSA) is 64.6 Å². The maximum Gasteiger partial charge on any atom is 0.214 e. The first kappa shape index (κ1) is 19.7. The molecule has 0 heterocycles. The van der Waals surface area contributed by atoms with Crippen LogP contribution in [0.5, 0.6) is 11.5 Å². The van der Waals surface area contributed by atoms with Gasteiger partial charge in [0.2, 0.25) is 10.0 Å². The summed E-state index contributed by atoms with van der Waals surface area (Å²) >= 11 is 0. The van der Waals surface area contributed by atoms with Crippen molar-refractivity contribution in [2.24, 2.45) is 0 Å². The SMILES string of the molecule is COc1cc2c(cc1OC)[C@](C)(c1ccccc1)C[C@@H]2NS(=O)(=O)C(C)C. The Kier molecular flexibility index (Phi) is 5.23. The lowest BCUT2D eigenvalue weighted by Crippen LogP contribution is -2.34. The monoisotopic (exact) mass is 389 g/mol. The van der Waals surface area contributed by atoms with E-state index in [0.717, 1.165) is 16.7 Å². The third-order valence-electron chi connectivity index (χ3n) is 5.48. The molecule has 0 spiro atoms. The zero-order valence-corrected chi connectivity index (χ0v) is 17.3. The molecular formula is C21H27NO4S. The van der Waals surface area contributed by atoms with Crippen molar-refractivity contribution in [2.75, 3.05) is 14.2 Å². The van der Waals surface area contributed by atoms with Crippen molar-refractivity contribution in [1.82, 2.24) is 4.72 Å². The van der Waals surface area contributed by atoms with Gasteiger partial charge in [0.25, 0.3) is 0 Å². The molecule has 1 aliphatic carbocycles. The van der Waals surface area contributed by atoms with Gasteiger partial charge in [-0.15, -0.1) is 0 Å². The molecule has 0 amide bonds. The molecule has 27 heavy (non-hydrogen) atoms. The highest BCUT2D eigenvalue weighted by Crippen LogP contribution is 2.52. The molecule has 0 aliphatic heterocycles.